The Hall–Kier alpha value is -1.28. The van der Waals surface area contributed by atoms with E-state index in [9.17, 15) is 0 Å². The molecular weight excluding hydrogens is 184 g/mol. The van der Waals surface area contributed by atoms with E-state index >= 15 is 0 Å². The number of benzene rings is 1. The molecule has 0 unspecified atom stereocenters. The molecule has 3 N–H and O–H groups in total. The summed E-state index contributed by atoms with van der Waals surface area (Å²) in [5.41, 5.74) is 8.84. The quantitative estimate of drug-likeness (QED) is 0.730. The predicted octanol–water partition coefficient (Wildman–Crippen LogP) is 2.90. The number of rotatable bonds is 1. The first kappa shape index (κ1) is 8.98. The van der Waals surface area contributed by atoms with Crippen molar-refractivity contribution in [2.45, 2.75) is 31.2 Å². The number of nitrogens with one attached hydrogen (secondary N) is 1. The van der Waals surface area contributed by atoms with E-state index in [0.29, 0.717) is 0 Å². The van der Waals surface area contributed by atoms with E-state index in [1.807, 2.05) is 6.20 Å². The number of hydrogen-bond donors (Lipinski definition) is 2. The second-order valence-electron chi connectivity index (χ2n) is 4.64. The molecule has 1 aliphatic rings. The molecule has 1 aliphatic carbocycles. The number of aromatic amines is 1. The molecule has 1 aromatic carbocycles. The van der Waals surface area contributed by atoms with Crippen molar-refractivity contribution in [1.29, 1.82) is 0 Å². The topological polar surface area (TPSA) is 41.8 Å². The highest BCUT2D eigenvalue weighted by atomic mass is 14.8. The molecule has 0 radical (unpaired) electrons. The molecule has 0 spiro atoms. The average Bonchev–Trinajstić information content (AvgIpc) is 2.85. The van der Waals surface area contributed by atoms with Gasteiger partial charge in [-0.1, -0.05) is 25.0 Å². The van der Waals surface area contributed by atoms with Crippen molar-refractivity contribution < 1.29 is 0 Å². The fraction of sp³-hybridized carbons (Fsp3) is 0.385. The van der Waals surface area contributed by atoms with Crippen molar-refractivity contribution in [3.8, 4) is 0 Å². The first-order valence-electron chi connectivity index (χ1n) is 5.64. The lowest BCUT2D eigenvalue weighted by Gasteiger charge is -2.24. The number of hydrogen-bond acceptors (Lipinski definition) is 1. The van der Waals surface area contributed by atoms with Crippen LogP contribution >= 0.6 is 0 Å². The molecule has 1 saturated carbocycles. The fourth-order valence-corrected chi connectivity index (χ4v) is 2.65. The molecule has 0 bridgehead atoms. The van der Waals surface area contributed by atoms with Crippen molar-refractivity contribution >= 4 is 10.9 Å². The predicted molar refractivity (Wildman–Crippen MR) is 62.6 cm³/mol. The van der Waals surface area contributed by atoms with Gasteiger partial charge in [-0.05, 0) is 35.9 Å². The standard InChI is InChI=1S/C13H16N2/c14-13(6-1-2-7-13)11-4-3-10-5-8-15-12(10)9-11/h3-5,8-9,15H,1-2,6-7,14H2. The molecule has 0 amide bonds. The van der Waals surface area contributed by atoms with E-state index in [2.05, 4.69) is 29.2 Å². The van der Waals surface area contributed by atoms with Crippen LogP contribution in [0.4, 0.5) is 0 Å². The first-order valence-corrected chi connectivity index (χ1v) is 5.64. The summed E-state index contributed by atoms with van der Waals surface area (Å²) in [5.74, 6) is 0. The van der Waals surface area contributed by atoms with Gasteiger partial charge in [0.2, 0.25) is 0 Å². The SMILES string of the molecule is NC1(c2ccc3cc[nH]c3c2)CCCC1. The summed E-state index contributed by atoms with van der Waals surface area (Å²) in [6.07, 6.45) is 6.75. The summed E-state index contributed by atoms with van der Waals surface area (Å²) in [7, 11) is 0. The molecule has 0 aliphatic heterocycles. The van der Waals surface area contributed by atoms with Gasteiger partial charge in [0.15, 0.2) is 0 Å². The van der Waals surface area contributed by atoms with E-state index in [-0.39, 0.29) is 5.54 Å². The van der Waals surface area contributed by atoms with Gasteiger partial charge in [0, 0.05) is 17.3 Å². The normalized spacial score (nSPS) is 19.8. The van der Waals surface area contributed by atoms with Crippen molar-refractivity contribution in [3.63, 3.8) is 0 Å². The van der Waals surface area contributed by atoms with Crippen LogP contribution in [0.3, 0.4) is 0 Å². The highest BCUT2D eigenvalue weighted by molar-refractivity contribution is 5.80. The third-order valence-electron chi connectivity index (χ3n) is 3.63. The molecule has 15 heavy (non-hydrogen) atoms. The second kappa shape index (κ2) is 3.11. The maximum atomic E-state index is 6.43. The van der Waals surface area contributed by atoms with Gasteiger partial charge in [0.25, 0.3) is 0 Å². The van der Waals surface area contributed by atoms with Crippen LogP contribution in [-0.4, -0.2) is 4.98 Å². The van der Waals surface area contributed by atoms with Crippen LogP contribution in [0, 0.1) is 0 Å². The van der Waals surface area contributed by atoms with Crippen LogP contribution in [0.1, 0.15) is 31.2 Å². The number of aromatic nitrogens is 1. The van der Waals surface area contributed by atoms with Crippen LogP contribution < -0.4 is 5.73 Å². The summed E-state index contributed by atoms with van der Waals surface area (Å²) in [6, 6.07) is 8.65. The fourth-order valence-electron chi connectivity index (χ4n) is 2.65. The Morgan fingerprint density at radius 1 is 1.13 bits per heavy atom. The minimum atomic E-state index is -0.0701. The lowest BCUT2D eigenvalue weighted by atomic mass is 9.89. The molecular formula is C13H16N2. The highest BCUT2D eigenvalue weighted by Crippen LogP contribution is 2.37. The van der Waals surface area contributed by atoms with Gasteiger partial charge >= 0.3 is 0 Å². The molecule has 1 fully saturated rings. The van der Waals surface area contributed by atoms with Crippen molar-refractivity contribution in [3.05, 3.63) is 36.0 Å². The van der Waals surface area contributed by atoms with Gasteiger partial charge in [-0.2, -0.15) is 0 Å². The van der Waals surface area contributed by atoms with E-state index in [1.165, 1.54) is 29.3 Å². The minimum Gasteiger partial charge on any atom is -0.361 e. The van der Waals surface area contributed by atoms with Gasteiger partial charge in [-0.3, -0.25) is 0 Å². The monoisotopic (exact) mass is 200 g/mol. The van der Waals surface area contributed by atoms with E-state index in [1.54, 1.807) is 0 Å². The molecule has 1 aromatic heterocycles. The van der Waals surface area contributed by atoms with Gasteiger partial charge in [-0.15, -0.1) is 0 Å². The highest BCUT2D eigenvalue weighted by Gasteiger charge is 2.31. The Labute approximate surface area is 89.5 Å². The summed E-state index contributed by atoms with van der Waals surface area (Å²) < 4.78 is 0. The maximum Gasteiger partial charge on any atom is 0.0457 e. The van der Waals surface area contributed by atoms with Gasteiger partial charge in [0.1, 0.15) is 0 Å². The van der Waals surface area contributed by atoms with Crippen molar-refractivity contribution in [2.24, 2.45) is 5.73 Å². The zero-order valence-corrected chi connectivity index (χ0v) is 8.79. The maximum absolute atomic E-state index is 6.43. The zero-order chi connectivity index (χ0) is 10.3. The van der Waals surface area contributed by atoms with Crippen LogP contribution in [-0.2, 0) is 5.54 Å². The Kier molecular flexibility index (Phi) is 1.86. The van der Waals surface area contributed by atoms with Gasteiger partial charge in [0.05, 0.1) is 0 Å². The average molecular weight is 200 g/mol. The molecule has 0 saturated heterocycles. The largest absolute Gasteiger partial charge is 0.361 e. The first-order chi connectivity index (χ1) is 7.28. The number of H-pyrrole nitrogens is 1. The van der Waals surface area contributed by atoms with E-state index in [0.717, 1.165) is 12.8 Å². The smallest absolute Gasteiger partial charge is 0.0457 e. The minimum absolute atomic E-state index is 0.0701. The van der Waals surface area contributed by atoms with Gasteiger partial charge < -0.3 is 10.7 Å². The molecule has 1 heterocycles. The number of nitrogens with two attached hydrogens (primary N) is 1. The van der Waals surface area contributed by atoms with Crippen molar-refractivity contribution in [2.75, 3.05) is 0 Å². The third kappa shape index (κ3) is 1.37. The zero-order valence-electron chi connectivity index (χ0n) is 8.79. The summed E-state index contributed by atoms with van der Waals surface area (Å²) >= 11 is 0. The van der Waals surface area contributed by atoms with Crippen LogP contribution in [0.15, 0.2) is 30.5 Å². The summed E-state index contributed by atoms with van der Waals surface area (Å²) in [4.78, 5) is 3.25. The molecule has 0 atom stereocenters. The Bertz CT molecular complexity index is 478. The Morgan fingerprint density at radius 2 is 1.93 bits per heavy atom. The van der Waals surface area contributed by atoms with E-state index < -0.39 is 0 Å². The molecule has 2 heteroatoms. The second-order valence-corrected chi connectivity index (χ2v) is 4.64. The summed E-state index contributed by atoms with van der Waals surface area (Å²) in [5, 5.41) is 1.26. The van der Waals surface area contributed by atoms with Gasteiger partial charge in [-0.25, -0.2) is 0 Å². The molecule has 3 rings (SSSR count). The van der Waals surface area contributed by atoms with Crippen LogP contribution in [0.25, 0.3) is 10.9 Å². The lowest BCUT2D eigenvalue weighted by molar-refractivity contribution is 0.462. The van der Waals surface area contributed by atoms with Crippen molar-refractivity contribution in [1.82, 2.24) is 4.98 Å². The molecule has 78 valence electrons. The lowest BCUT2D eigenvalue weighted by Crippen LogP contribution is -2.32. The van der Waals surface area contributed by atoms with Crippen LogP contribution in [0.5, 0.6) is 0 Å². The Morgan fingerprint density at radius 3 is 2.73 bits per heavy atom. The number of fused-ring (bicyclic) bond motifs is 1. The van der Waals surface area contributed by atoms with Crippen LogP contribution in [0.2, 0.25) is 0 Å². The molecule has 2 nitrogen and oxygen atoms in total. The van der Waals surface area contributed by atoms with E-state index in [4.69, 9.17) is 5.73 Å². The summed E-state index contributed by atoms with van der Waals surface area (Å²) in [6.45, 7) is 0. The Balaban J connectivity index is 2.10. The molecule has 2 aromatic rings. The third-order valence-corrected chi connectivity index (χ3v) is 3.63.